The van der Waals surface area contributed by atoms with Crippen LogP contribution >= 0.6 is 0 Å². The molecule has 1 aliphatic rings. The lowest BCUT2D eigenvalue weighted by molar-refractivity contribution is 0.0350. The van der Waals surface area contributed by atoms with E-state index in [-0.39, 0.29) is 0 Å². The van der Waals surface area contributed by atoms with Crippen LogP contribution in [0.15, 0.2) is 0 Å². The molecule has 0 bridgehead atoms. The Balaban J connectivity index is 1.87. The highest BCUT2D eigenvalue weighted by Crippen LogP contribution is 2.16. The summed E-state index contributed by atoms with van der Waals surface area (Å²) in [5, 5.41) is 8.95. The van der Waals surface area contributed by atoms with Crippen molar-refractivity contribution >= 4 is 7.32 Å². The molecule has 0 aromatic heterocycles. The first-order chi connectivity index (χ1) is 7.33. The van der Waals surface area contributed by atoms with Gasteiger partial charge in [-0.1, -0.05) is 45.4 Å². The summed E-state index contributed by atoms with van der Waals surface area (Å²) in [6, 6.07) is 0. The van der Waals surface area contributed by atoms with Crippen molar-refractivity contribution in [3.63, 3.8) is 0 Å². The predicted octanol–water partition coefficient (Wildman–Crippen LogP) is 2.38. The molecule has 0 amide bonds. The van der Waals surface area contributed by atoms with Crippen LogP contribution in [-0.2, 0) is 9.31 Å². The topological polar surface area (TPSA) is 38.7 Å². The van der Waals surface area contributed by atoms with Gasteiger partial charge in [-0.25, -0.2) is 0 Å². The Labute approximate surface area is 93.3 Å². The number of hydrogen-bond acceptors (Lipinski definition) is 3. The minimum Gasteiger partial charge on any atom is -0.402 e. The summed E-state index contributed by atoms with van der Waals surface area (Å²) in [7, 11) is -0.981. The molecule has 0 radical (unpaired) electrons. The van der Waals surface area contributed by atoms with Crippen LogP contribution in [0.1, 0.15) is 51.9 Å². The molecule has 1 N–H and O–H groups in total. The molecule has 0 spiro atoms. The van der Waals surface area contributed by atoms with Crippen molar-refractivity contribution in [3.8, 4) is 0 Å². The van der Waals surface area contributed by atoms with Crippen molar-refractivity contribution in [1.29, 1.82) is 0 Å². The van der Waals surface area contributed by atoms with E-state index in [4.69, 9.17) is 14.3 Å². The maximum absolute atomic E-state index is 8.95. The highest BCUT2D eigenvalue weighted by Gasteiger charge is 2.25. The third kappa shape index (κ3) is 6.18. The van der Waals surface area contributed by atoms with Gasteiger partial charge in [0.2, 0.25) is 0 Å². The first-order valence-electron chi connectivity index (χ1n) is 6.24. The maximum Gasteiger partial charge on any atom is 0.636 e. The SMILES string of the molecule is CCCCCCCCC1COB(O)OC1. The molecule has 88 valence electrons. The molecular weight excluding hydrogens is 191 g/mol. The minimum absolute atomic E-state index is 0.486. The standard InChI is InChI=1S/C11H23BO3/c1-2-3-4-5-6-7-8-11-9-14-12(13)15-10-11/h11,13H,2-10H2,1H3. The number of hydrogen-bond donors (Lipinski definition) is 1. The molecule has 3 nitrogen and oxygen atoms in total. The Bertz CT molecular complexity index is 147. The summed E-state index contributed by atoms with van der Waals surface area (Å²) in [5.74, 6) is 0.486. The molecule has 0 unspecified atom stereocenters. The van der Waals surface area contributed by atoms with Crippen LogP contribution in [0, 0.1) is 5.92 Å². The van der Waals surface area contributed by atoms with E-state index < -0.39 is 7.32 Å². The van der Waals surface area contributed by atoms with Gasteiger partial charge in [-0.05, 0) is 6.42 Å². The van der Waals surface area contributed by atoms with Crippen LogP contribution in [0.5, 0.6) is 0 Å². The van der Waals surface area contributed by atoms with Crippen molar-refractivity contribution in [2.75, 3.05) is 13.2 Å². The summed E-state index contributed by atoms with van der Waals surface area (Å²) in [6.45, 7) is 3.54. The quantitative estimate of drug-likeness (QED) is 0.522. The summed E-state index contributed by atoms with van der Waals surface area (Å²) in [4.78, 5) is 0. The van der Waals surface area contributed by atoms with E-state index in [1.807, 2.05) is 0 Å². The monoisotopic (exact) mass is 214 g/mol. The summed E-state index contributed by atoms with van der Waals surface area (Å²) < 4.78 is 10.0. The largest absolute Gasteiger partial charge is 0.636 e. The fourth-order valence-corrected chi connectivity index (χ4v) is 1.91. The van der Waals surface area contributed by atoms with Gasteiger partial charge in [0.25, 0.3) is 0 Å². The Morgan fingerprint density at radius 1 is 1.07 bits per heavy atom. The van der Waals surface area contributed by atoms with E-state index in [1.165, 1.54) is 44.9 Å². The maximum atomic E-state index is 8.95. The van der Waals surface area contributed by atoms with Crippen LogP contribution in [0.2, 0.25) is 0 Å². The van der Waals surface area contributed by atoms with E-state index in [0.29, 0.717) is 19.1 Å². The molecule has 0 atom stereocenters. The summed E-state index contributed by atoms with van der Waals surface area (Å²) >= 11 is 0. The lowest BCUT2D eigenvalue weighted by Crippen LogP contribution is -2.35. The average Bonchev–Trinajstić information content (AvgIpc) is 2.26. The fourth-order valence-electron chi connectivity index (χ4n) is 1.91. The fraction of sp³-hybridized carbons (Fsp3) is 1.00. The zero-order valence-electron chi connectivity index (χ0n) is 9.78. The van der Waals surface area contributed by atoms with Gasteiger partial charge < -0.3 is 14.3 Å². The van der Waals surface area contributed by atoms with Gasteiger partial charge in [-0.3, -0.25) is 0 Å². The highest BCUT2D eigenvalue weighted by molar-refractivity contribution is 6.34. The lowest BCUT2D eigenvalue weighted by Gasteiger charge is -2.23. The highest BCUT2D eigenvalue weighted by atomic mass is 16.7. The molecule has 0 aliphatic carbocycles. The van der Waals surface area contributed by atoms with Crippen LogP contribution in [0.25, 0.3) is 0 Å². The van der Waals surface area contributed by atoms with Gasteiger partial charge in [0, 0.05) is 19.1 Å². The van der Waals surface area contributed by atoms with Gasteiger partial charge in [0.1, 0.15) is 0 Å². The molecule has 0 aromatic rings. The lowest BCUT2D eigenvalue weighted by atomic mass is 9.99. The van der Waals surface area contributed by atoms with E-state index in [1.54, 1.807) is 0 Å². The molecule has 1 fully saturated rings. The van der Waals surface area contributed by atoms with Gasteiger partial charge >= 0.3 is 7.32 Å². The summed E-state index contributed by atoms with van der Waals surface area (Å²) in [6.07, 6.45) is 9.14. The molecule has 4 heteroatoms. The normalized spacial score (nSPS) is 18.4. The van der Waals surface area contributed by atoms with Crippen molar-refractivity contribution < 1.29 is 14.3 Å². The molecule has 1 heterocycles. The Morgan fingerprint density at radius 2 is 1.67 bits per heavy atom. The van der Waals surface area contributed by atoms with Crippen LogP contribution < -0.4 is 0 Å². The van der Waals surface area contributed by atoms with Gasteiger partial charge in [-0.2, -0.15) is 0 Å². The first kappa shape index (κ1) is 13.0. The molecule has 1 saturated heterocycles. The van der Waals surface area contributed by atoms with E-state index >= 15 is 0 Å². The summed E-state index contributed by atoms with van der Waals surface area (Å²) in [5.41, 5.74) is 0. The molecule has 1 aliphatic heterocycles. The van der Waals surface area contributed by atoms with E-state index in [2.05, 4.69) is 6.92 Å². The van der Waals surface area contributed by atoms with Crippen molar-refractivity contribution in [3.05, 3.63) is 0 Å². The molecular formula is C11H23BO3. The second kappa shape index (κ2) is 8.14. The smallest absolute Gasteiger partial charge is 0.402 e. The number of rotatable bonds is 7. The van der Waals surface area contributed by atoms with E-state index in [9.17, 15) is 0 Å². The Hall–Kier alpha value is -0.0551. The molecule has 0 saturated carbocycles. The predicted molar refractivity (Wildman–Crippen MR) is 61.4 cm³/mol. The zero-order chi connectivity index (χ0) is 10.9. The van der Waals surface area contributed by atoms with Gasteiger partial charge in [-0.15, -0.1) is 0 Å². The van der Waals surface area contributed by atoms with Crippen LogP contribution in [-0.4, -0.2) is 25.6 Å². The van der Waals surface area contributed by atoms with E-state index in [0.717, 1.165) is 0 Å². The third-order valence-electron chi connectivity index (χ3n) is 2.91. The van der Waals surface area contributed by atoms with Gasteiger partial charge in [0.05, 0.1) is 0 Å². The molecule has 0 aromatic carbocycles. The van der Waals surface area contributed by atoms with Crippen LogP contribution in [0.4, 0.5) is 0 Å². The van der Waals surface area contributed by atoms with Crippen molar-refractivity contribution in [2.24, 2.45) is 5.92 Å². The minimum atomic E-state index is -0.981. The van der Waals surface area contributed by atoms with Crippen LogP contribution in [0.3, 0.4) is 0 Å². The van der Waals surface area contributed by atoms with Crippen molar-refractivity contribution in [2.45, 2.75) is 51.9 Å². The zero-order valence-corrected chi connectivity index (χ0v) is 9.78. The first-order valence-corrected chi connectivity index (χ1v) is 6.24. The Kier molecular flexibility index (Phi) is 7.06. The molecule has 15 heavy (non-hydrogen) atoms. The van der Waals surface area contributed by atoms with Crippen molar-refractivity contribution in [1.82, 2.24) is 0 Å². The van der Waals surface area contributed by atoms with Gasteiger partial charge in [0.15, 0.2) is 0 Å². The third-order valence-corrected chi connectivity index (χ3v) is 2.91. The number of unbranched alkanes of at least 4 members (excludes halogenated alkanes) is 5. The molecule has 1 rings (SSSR count). The Morgan fingerprint density at radius 3 is 2.33 bits per heavy atom. The second-order valence-corrected chi connectivity index (χ2v) is 4.40. The second-order valence-electron chi connectivity index (χ2n) is 4.40. The average molecular weight is 214 g/mol.